The minimum absolute atomic E-state index is 0.0336. The molecule has 0 aromatic heterocycles. The molecule has 1 N–H and O–H groups in total. The van der Waals surface area contributed by atoms with Crippen LogP contribution in [0.5, 0.6) is 0 Å². The zero-order valence-corrected chi connectivity index (χ0v) is 11.8. The van der Waals surface area contributed by atoms with Crippen molar-refractivity contribution in [1.29, 1.82) is 0 Å². The van der Waals surface area contributed by atoms with Crippen molar-refractivity contribution in [1.82, 2.24) is 10.2 Å². The molecule has 0 spiro atoms. The van der Waals surface area contributed by atoms with Crippen molar-refractivity contribution in [3.63, 3.8) is 0 Å². The Morgan fingerprint density at radius 2 is 2.10 bits per heavy atom. The normalized spacial score (nSPS) is 26.9. The van der Waals surface area contributed by atoms with Gasteiger partial charge in [-0.2, -0.15) is 0 Å². The lowest BCUT2D eigenvalue weighted by atomic mass is 9.91. The maximum absolute atomic E-state index is 12.6. The quantitative estimate of drug-likeness (QED) is 0.844. The van der Waals surface area contributed by atoms with Crippen molar-refractivity contribution in [3.8, 4) is 0 Å². The summed E-state index contributed by atoms with van der Waals surface area (Å²) in [4.78, 5) is 26.1. The predicted molar refractivity (Wildman–Crippen MR) is 76.3 cm³/mol. The molecule has 0 aliphatic carbocycles. The molecule has 1 aromatic rings. The first-order valence-electron chi connectivity index (χ1n) is 6.95. The molecule has 0 radical (unpaired) electrons. The Labute approximate surface area is 123 Å². The van der Waals surface area contributed by atoms with E-state index in [9.17, 15) is 9.59 Å². The Morgan fingerprint density at radius 3 is 2.85 bits per heavy atom. The highest BCUT2D eigenvalue weighted by atomic mass is 35.5. The molecule has 2 aliphatic heterocycles. The zero-order chi connectivity index (χ0) is 14.1. The standard InChI is InChI=1S/C15H17ClN2O2/c16-13(10-5-2-1-3-6-10)15(20)18-8-4-7-11-12(18)9-17-14(11)19/h1-3,5-6,11-13H,4,7-9H2,(H,17,19). The van der Waals surface area contributed by atoms with Gasteiger partial charge in [-0.15, -0.1) is 11.6 Å². The van der Waals surface area contributed by atoms with Gasteiger partial charge in [-0.1, -0.05) is 30.3 Å². The molecular weight excluding hydrogens is 276 g/mol. The Bertz CT molecular complexity index is 520. The van der Waals surface area contributed by atoms with Gasteiger partial charge in [-0.3, -0.25) is 9.59 Å². The Balaban J connectivity index is 1.78. The van der Waals surface area contributed by atoms with Crippen LogP contribution in [-0.4, -0.2) is 35.8 Å². The maximum atomic E-state index is 12.6. The van der Waals surface area contributed by atoms with Crippen LogP contribution in [0.15, 0.2) is 30.3 Å². The lowest BCUT2D eigenvalue weighted by Gasteiger charge is -2.37. The van der Waals surface area contributed by atoms with Crippen LogP contribution in [0.3, 0.4) is 0 Å². The van der Waals surface area contributed by atoms with Crippen LogP contribution in [-0.2, 0) is 9.59 Å². The molecule has 2 amide bonds. The average molecular weight is 293 g/mol. The first-order valence-corrected chi connectivity index (χ1v) is 7.39. The lowest BCUT2D eigenvalue weighted by Crippen LogP contribution is -2.49. The summed E-state index contributed by atoms with van der Waals surface area (Å²) in [6, 6.07) is 9.32. The smallest absolute Gasteiger partial charge is 0.245 e. The van der Waals surface area contributed by atoms with Gasteiger partial charge < -0.3 is 10.2 Å². The molecule has 2 heterocycles. The molecule has 2 aliphatic rings. The van der Waals surface area contributed by atoms with Crippen molar-refractivity contribution < 1.29 is 9.59 Å². The van der Waals surface area contributed by atoms with Gasteiger partial charge in [0.1, 0.15) is 5.38 Å². The van der Waals surface area contributed by atoms with Crippen molar-refractivity contribution in [2.24, 2.45) is 5.92 Å². The molecule has 2 saturated heterocycles. The van der Waals surface area contributed by atoms with Crippen molar-refractivity contribution in [2.45, 2.75) is 24.3 Å². The van der Waals surface area contributed by atoms with Gasteiger partial charge in [0, 0.05) is 13.1 Å². The van der Waals surface area contributed by atoms with Gasteiger partial charge in [0.25, 0.3) is 0 Å². The van der Waals surface area contributed by atoms with Crippen LogP contribution in [0, 0.1) is 5.92 Å². The largest absolute Gasteiger partial charge is 0.354 e. The maximum Gasteiger partial charge on any atom is 0.245 e. The summed E-state index contributed by atoms with van der Waals surface area (Å²) in [7, 11) is 0. The third kappa shape index (κ3) is 2.29. The minimum Gasteiger partial charge on any atom is -0.354 e. The molecule has 20 heavy (non-hydrogen) atoms. The van der Waals surface area contributed by atoms with Gasteiger partial charge in [0.2, 0.25) is 11.8 Å². The fraction of sp³-hybridized carbons (Fsp3) is 0.467. The molecule has 0 saturated carbocycles. The molecule has 106 valence electrons. The van der Waals surface area contributed by atoms with Crippen molar-refractivity contribution in [2.75, 3.05) is 13.1 Å². The fourth-order valence-corrected chi connectivity index (χ4v) is 3.41. The number of hydrogen-bond donors (Lipinski definition) is 1. The van der Waals surface area contributed by atoms with E-state index in [2.05, 4.69) is 5.32 Å². The first kappa shape index (κ1) is 13.4. The summed E-state index contributed by atoms with van der Waals surface area (Å²) >= 11 is 6.32. The number of likely N-dealkylation sites (tertiary alicyclic amines) is 1. The number of carbonyl (C=O) groups excluding carboxylic acids is 2. The van der Waals surface area contributed by atoms with E-state index in [1.165, 1.54) is 0 Å². The number of rotatable bonds is 2. The van der Waals surface area contributed by atoms with Gasteiger partial charge >= 0.3 is 0 Å². The monoisotopic (exact) mass is 292 g/mol. The number of benzene rings is 1. The summed E-state index contributed by atoms with van der Waals surface area (Å²) < 4.78 is 0. The highest BCUT2D eigenvalue weighted by Crippen LogP contribution is 2.31. The van der Waals surface area contributed by atoms with Gasteiger partial charge in [-0.25, -0.2) is 0 Å². The Morgan fingerprint density at radius 1 is 1.35 bits per heavy atom. The molecule has 2 fully saturated rings. The van der Waals surface area contributed by atoms with Crippen LogP contribution in [0.1, 0.15) is 23.8 Å². The third-order valence-electron chi connectivity index (χ3n) is 4.19. The molecule has 1 aromatic carbocycles. The van der Waals surface area contributed by atoms with Gasteiger partial charge in [0.05, 0.1) is 12.0 Å². The van der Waals surface area contributed by atoms with Gasteiger partial charge in [0.15, 0.2) is 0 Å². The van der Waals surface area contributed by atoms with Gasteiger partial charge in [-0.05, 0) is 18.4 Å². The minimum atomic E-state index is -0.675. The molecule has 5 heteroatoms. The molecular formula is C15H17ClN2O2. The Kier molecular flexibility index (Phi) is 3.66. The van der Waals surface area contributed by atoms with E-state index in [0.29, 0.717) is 13.1 Å². The number of amides is 2. The summed E-state index contributed by atoms with van der Waals surface area (Å²) in [5.41, 5.74) is 0.804. The average Bonchev–Trinajstić information content (AvgIpc) is 2.88. The van der Waals surface area contributed by atoms with Crippen LogP contribution < -0.4 is 5.32 Å². The number of nitrogens with zero attached hydrogens (tertiary/aromatic N) is 1. The van der Waals surface area contributed by atoms with Crippen LogP contribution in [0.25, 0.3) is 0 Å². The topological polar surface area (TPSA) is 49.4 Å². The fourth-order valence-electron chi connectivity index (χ4n) is 3.14. The van der Waals surface area contributed by atoms with Crippen LogP contribution >= 0.6 is 11.6 Å². The summed E-state index contributed by atoms with van der Waals surface area (Å²) in [5.74, 6) is -0.0882. The zero-order valence-electron chi connectivity index (χ0n) is 11.1. The van der Waals surface area contributed by atoms with Crippen LogP contribution in [0.2, 0.25) is 0 Å². The van der Waals surface area contributed by atoms with E-state index in [1.807, 2.05) is 30.3 Å². The number of piperidine rings is 1. The van der Waals surface area contributed by atoms with E-state index in [0.717, 1.165) is 18.4 Å². The second-order valence-electron chi connectivity index (χ2n) is 5.37. The highest BCUT2D eigenvalue weighted by molar-refractivity contribution is 6.30. The highest BCUT2D eigenvalue weighted by Gasteiger charge is 2.43. The number of hydrogen-bond acceptors (Lipinski definition) is 2. The third-order valence-corrected chi connectivity index (χ3v) is 4.63. The molecule has 4 nitrogen and oxygen atoms in total. The molecule has 3 unspecified atom stereocenters. The van der Waals surface area contributed by atoms with E-state index in [1.54, 1.807) is 4.90 Å². The van der Waals surface area contributed by atoms with Crippen LogP contribution in [0.4, 0.5) is 0 Å². The summed E-state index contributed by atoms with van der Waals surface area (Å²) in [6.45, 7) is 1.23. The van der Waals surface area contributed by atoms with E-state index in [-0.39, 0.29) is 23.8 Å². The SMILES string of the molecule is O=C1NCC2C1CCCN2C(=O)C(Cl)c1ccccc1. The second kappa shape index (κ2) is 5.44. The number of halogens is 1. The van der Waals surface area contributed by atoms with Crippen molar-refractivity contribution in [3.05, 3.63) is 35.9 Å². The first-order chi connectivity index (χ1) is 9.68. The molecule has 3 rings (SSSR count). The molecule has 3 atom stereocenters. The number of carbonyl (C=O) groups is 2. The molecule has 0 bridgehead atoms. The number of nitrogens with one attached hydrogen (secondary N) is 1. The predicted octanol–water partition coefficient (Wildman–Crippen LogP) is 1.70. The lowest BCUT2D eigenvalue weighted by molar-refractivity contribution is -0.136. The Hall–Kier alpha value is -1.55. The van der Waals surface area contributed by atoms with E-state index >= 15 is 0 Å². The van der Waals surface area contributed by atoms with E-state index < -0.39 is 5.38 Å². The van der Waals surface area contributed by atoms with Crippen molar-refractivity contribution >= 4 is 23.4 Å². The van der Waals surface area contributed by atoms with E-state index in [4.69, 9.17) is 11.6 Å². The number of alkyl halides is 1. The summed E-state index contributed by atoms with van der Waals surface area (Å²) in [6.07, 6.45) is 1.72. The second-order valence-corrected chi connectivity index (χ2v) is 5.80. The summed E-state index contributed by atoms with van der Waals surface area (Å²) in [5, 5.41) is 2.17. The number of fused-ring (bicyclic) bond motifs is 1.